The molecule has 4 nitrogen and oxygen atoms in total. The third kappa shape index (κ3) is 3.55. The number of piperidine rings is 1. The standard InChI is InChI=1S/C15H28N2O2S/c18-20(19)12-8-16-14(13-20)3-9-17-10-6-15(7-11-17)4-1-2-5-15/h14,16H,1-13H2. The molecule has 1 atom stereocenters. The number of hydrogen-bond acceptors (Lipinski definition) is 4. The van der Waals surface area contributed by atoms with Gasteiger partial charge in [-0.1, -0.05) is 12.8 Å². The Labute approximate surface area is 123 Å². The summed E-state index contributed by atoms with van der Waals surface area (Å²) in [6, 6.07) is 0.177. The summed E-state index contributed by atoms with van der Waals surface area (Å²) in [4.78, 5) is 2.55. The van der Waals surface area contributed by atoms with Gasteiger partial charge in [-0.25, -0.2) is 8.42 Å². The van der Waals surface area contributed by atoms with Crippen LogP contribution >= 0.6 is 0 Å². The molecule has 0 radical (unpaired) electrons. The van der Waals surface area contributed by atoms with Gasteiger partial charge < -0.3 is 10.2 Å². The van der Waals surface area contributed by atoms with Crippen molar-refractivity contribution in [3.05, 3.63) is 0 Å². The van der Waals surface area contributed by atoms with Gasteiger partial charge in [0.05, 0.1) is 11.5 Å². The minimum absolute atomic E-state index is 0.177. The zero-order valence-corrected chi connectivity index (χ0v) is 13.3. The lowest BCUT2D eigenvalue weighted by atomic mass is 9.77. The highest BCUT2D eigenvalue weighted by atomic mass is 32.2. The molecular formula is C15H28N2O2S. The highest BCUT2D eigenvalue weighted by Crippen LogP contribution is 2.46. The van der Waals surface area contributed by atoms with E-state index in [2.05, 4.69) is 10.2 Å². The van der Waals surface area contributed by atoms with E-state index in [1.807, 2.05) is 0 Å². The molecule has 2 saturated heterocycles. The second-order valence-electron chi connectivity index (χ2n) is 7.10. The number of rotatable bonds is 3. The Hall–Kier alpha value is -0.130. The number of nitrogens with one attached hydrogen (secondary N) is 1. The topological polar surface area (TPSA) is 49.4 Å². The summed E-state index contributed by atoms with van der Waals surface area (Å²) in [7, 11) is -2.78. The molecule has 1 N–H and O–H groups in total. The van der Waals surface area contributed by atoms with Crippen molar-refractivity contribution in [2.45, 2.75) is 51.0 Å². The predicted molar refractivity (Wildman–Crippen MR) is 81.6 cm³/mol. The Bertz CT molecular complexity index is 419. The van der Waals surface area contributed by atoms with Crippen LogP contribution in [0.25, 0.3) is 0 Å². The van der Waals surface area contributed by atoms with Gasteiger partial charge in [-0.2, -0.15) is 0 Å². The minimum Gasteiger partial charge on any atom is -0.312 e. The maximum absolute atomic E-state index is 11.6. The van der Waals surface area contributed by atoms with Crippen LogP contribution in [0.5, 0.6) is 0 Å². The third-order valence-corrected chi connectivity index (χ3v) is 7.41. The monoisotopic (exact) mass is 300 g/mol. The van der Waals surface area contributed by atoms with E-state index >= 15 is 0 Å². The van der Waals surface area contributed by atoms with Gasteiger partial charge in [0.25, 0.3) is 0 Å². The molecule has 1 unspecified atom stereocenters. The van der Waals surface area contributed by atoms with E-state index in [0.717, 1.165) is 13.0 Å². The Morgan fingerprint density at radius 2 is 1.80 bits per heavy atom. The van der Waals surface area contributed by atoms with Gasteiger partial charge in [-0.3, -0.25) is 0 Å². The van der Waals surface area contributed by atoms with Gasteiger partial charge in [0, 0.05) is 12.6 Å². The van der Waals surface area contributed by atoms with Gasteiger partial charge in [-0.05, 0) is 57.2 Å². The molecule has 116 valence electrons. The molecule has 1 aliphatic carbocycles. The zero-order chi connectivity index (χ0) is 14.1. The number of sulfone groups is 1. The highest BCUT2D eigenvalue weighted by Gasteiger charge is 2.36. The van der Waals surface area contributed by atoms with E-state index in [0.29, 0.717) is 23.5 Å². The minimum atomic E-state index is -2.78. The number of hydrogen-bond donors (Lipinski definition) is 1. The van der Waals surface area contributed by atoms with E-state index in [1.165, 1.54) is 51.6 Å². The summed E-state index contributed by atoms with van der Waals surface area (Å²) in [5.41, 5.74) is 0.683. The van der Waals surface area contributed by atoms with Crippen LogP contribution in [-0.2, 0) is 9.84 Å². The third-order valence-electron chi connectivity index (χ3n) is 5.68. The van der Waals surface area contributed by atoms with Gasteiger partial charge >= 0.3 is 0 Å². The molecule has 1 spiro atoms. The lowest BCUT2D eigenvalue weighted by Crippen LogP contribution is -2.47. The molecule has 3 fully saturated rings. The van der Waals surface area contributed by atoms with Crippen LogP contribution < -0.4 is 5.32 Å². The van der Waals surface area contributed by atoms with Crippen LogP contribution in [0.15, 0.2) is 0 Å². The second kappa shape index (κ2) is 5.93. The normalized spacial score (nSPS) is 33.5. The van der Waals surface area contributed by atoms with E-state index in [9.17, 15) is 8.42 Å². The fraction of sp³-hybridized carbons (Fsp3) is 1.00. The number of likely N-dealkylation sites (tertiary alicyclic amines) is 1. The fourth-order valence-electron chi connectivity index (χ4n) is 4.27. The van der Waals surface area contributed by atoms with Crippen molar-refractivity contribution in [1.82, 2.24) is 10.2 Å². The van der Waals surface area contributed by atoms with E-state index < -0.39 is 9.84 Å². The van der Waals surface area contributed by atoms with Crippen molar-refractivity contribution in [2.24, 2.45) is 5.41 Å². The lowest BCUT2D eigenvalue weighted by Gasteiger charge is -2.40. The molecule has 0 amide bonds. The Morgan fingerprint density at radius 3 is 2.45 bits per heavy atom. The van der Waals surface area contributed by atoms with Crippen LogP contribution in [0, 0.1) is 5.41 Å². The first-order chi connectivity index (χ1) is 9.57. The van der Waals surface area contributed by atoms with Gasteiger partial charge in [0.15, 0.2) is 9.84 Å². The van der Waals surface area contributed by atoms with Crippen LogP contribution in [0.4, 0.5) is 0 Å². The molecular weight excluding hydrogens is 272 g/mol. The summed E-state index contributed by atoms with van der Waals surface area (Å²) in [6.07, 6.45) is 9.47. The van der Waals surface area contributed by atoms with Crippen LogP contribution in [0.3, 0.4) is 0 Å². The summed E-state index contributed by atoms with van der Waals surface area (Å²) in [5, 5.41) is 3.36. The zero-order valence-electron chi connectivity index (χ0n) is 12.4. The summed E-state index contributed by atoms with van der Waals surface area (Å²) in [6.45, 7) is 4.14. The molecule has 0 aromatic heterocycles. The molecule has 2 heterocycles. The van der Waals surface area contributed by atoms with Crippen LogP contribution in [0.2, 0.25) is 0 Å². The molecule has 0 bridgehead atoms. The lowest BCUT2D eigenvalue weighted by molar-refractivity contribution is 0.106. The van der Waals surface area contributed by atoms with Crippen molar-refractivity contribution >= 4 is 9.84 Å². The summed E-state index contributed by atoms with van der Waals surface area (Å²) < 4.78 is 23.3. The van der Waals surface area contributed by atoms with Crippen molar-refractivity contribution in [3.63, 3.8) is 0 Å². The maximum Gasteiger partial charge on any atom is 0.153 e. The first-order valence-electron chi connectivity index (χ1n) is 8.23. The average Bonchev–Trinajstić information content (AvgIpc) is 2.86. The Kier molecular flexibility index (Phi) is 4.39. The molecule has 0 aromatic carbocycles. The average molecular weight is 300 g/mol. The molecule has 3 rings (SSSR count). The molecule has 2 aliphatic heterocycles. The van der Waals surface area contributed by atoms with Crippen molar-refractivity contribution in [2.75, 3.05) is 37.7 Å². The Balaban J connectivity index is 1.41. The fourth-order valence-corrected chi connectivity index (χ4v) is 5.76. The largest absolute Gasteiger partial charge is 0.312 e. The number of nitrogens with zero attached hydrogens (tertiary/aromatic N) is 1. The van der Waals surface area contributed by atoms with Crippen molar-refractivity contribution < 1.29 is 8.42 Å². The van der Waals surface area contributed by atoms with Crippen LogP contribution in [-0.4, -0.2) is 57.0 Å². The van der Waals surface area contributed by atoms with Crippen LogP contribution in [0.1, 0.15) is 44.9 Å². The molecule has 5 heteroatoms. The van der Waals surface area contributed by atoms with E-state index in [-0.39, 0.29) is 6.04 Å². The SMILES string of the molecule is O=S1(=O)CCNC(CCN2CCC3(CCCC3)CC2)C1. The van der Waals surface area contributed by atoms with Crippen molar-refractivity contribution in [1.29, 1.82) is 0 Å². The molecule has 1 saturated carbocycles. The summed E-state index contributed by atoms with van der Waals surface area (Å²) in [5.74, 6) is 0.653. The van der Waals surface area contributed by atoms with Crippen molar-refractivity contribution in [3.8, 4) is 0 Å². The van der Waals surface area contributed by atoms with Gasteiger partial charge in [-0.15, -0.1) is 0 Å². The highest BCUT2D eigenvalue weighted by molar-refractivity contribution is 7.91. The first-order valence-corrected chi connectivity index (χ1v) is 10.1. The second-order valence-corrected chi connectivity index (χ2v) is 9.33. The first kappa shape index (κ1) is 14.8. The molecule has 3 aliphatic rings. The smallest absolute Gasteiger partial charge is 0.153 e. The van der Waals surface area contributed by atoms with E-state index in [4.69, 9.17) is 0 Å². The maximum atomic E-state index is 11.6. The summed E-state index contributed by atoms with van der Waals surface area (Å²) >= 11 is 0. The quantitative estimate of drug-likeness (QED) is 0.856. The predicted octanol–water partition coefficient (Wildman–Crippen LogP) is 1.42. The molecule has 0 aromatic rings. The molecule has 20 heavy (non-hydrogen) atoms. The van der Waals surface area contributed by atoms with E-state index in [1.54, 1.807) is 0 Å². The Morgan fingerprint density at radius 1 is 1.10 bits per heavy atom. The van der Waals surface area contributed by atoms with Gasteiger partial charge in [0.2, 0.25) is 0 Å². The van der Waals surface area contributed by atoms with Gasteiger partial charge in [0.1, 0.15) is 0 Å².